The first-order valence-electron chi connectivity index (χ1n) is 9.03. The largest absolute Gasteiger partial charge is 0.481 e. The third-order valence-electron chi connectivity index (χ3n) is 4.53. The van der Waals surface area contributed by atoms with Crippen LogP contribution in [0.15, 0.2) is 18.2 Å². The topological polar surface area (TPSA) is 38.3 Å². The Balaban J connectivity index is 2.55. The molecule has 1 aromatic carbocycles. The van der Waals surface area contributed by atoms with Crippen molar-refractivity contribution in [1.82, 2.24) is 5.32 Å². The molecule has 2 atom stereocenters. The van der Waals surface area contributed by atoms with E-state index in [1.807, 2.05) is 25.1 Å². The van der Waals surface area contributed by atoms with E-state index in [0.29, 0.717) is 12.3 Å². The zero-order valence-corrected chi connectivity index (χ0v) is 15.4. The van der Waals surface area contributed by atoms with E-state index in [-0.39, 0.29) is 5.91 Å². The van der Waals surface area contributed by atoms with E-state index in [4.69, 9.17) is 4.74 Å². The second-order valence-electron chi connectivity index (χ2n) is 6.42. The van der Waals surface area contributed by atoms with E-state index in [0.717, 1.165) is 18.7 Å². The lowest BCUT2D eigenvalue weighted by atomic mass is 9.99. The van der Waals surface area contributed by atoms with Crippen molar-refractivity contribution in [2.24, 2.45) is 5.92 Å². The van der Waals surface area contributed by atoms with Crippen LogP contribution in [0.1, 0.15) is 64.0 Å². The van der Waals surface area contributed by atoms with Gasteiger partial charge in [-0.2, -0.15) is 0 Å². The fourth-order valence-corrected chi connectivity index (χ4v) is 2.58. The Morgan fingerprint density at radius 3 is 2.43 bits per heavy atom. The normalized spacial score (nSPS) is 13.4. The van der Waals surface area contributed by atoms with Gasteiger partial charge in [-0.15, -0.1) is 0 Å². The number of ether oxygens (including phenoxy) is 1. The number of carbonyl (C=O) groups excluding carboxylic acids is 1. The van der Waals surface area contributed by atoms with E-state index >= 15 is 0 Å². The van der Waals surface area contributed by atoms with Gasteiger partial charge in [0.25, 0.3) is 5.91 Å². The number of carbonyl (C=O) groups is 1. The first-order chi connectivity index (χ1) is 11.0. The molecule has 0 radical (unpaired) electrons. The lowest BCUT2D eigenvalue weighted by Crippen LogP contribution is -2.40. The van der Waals surface area contributed by atoms with E-state index in [2.05, 4.69) is 33.0 Å². The number of aryl methyl sites for hydroxylation is 2. The molecule has 0 aliphatic heterocycles. The van der Waals surface area contributed by atoms with Gasteiger partial charge in [0.2, 0.25) is 0 Å². The Hall–Kier alpha value is -1.51. The first-order valence-corrected chi connectivity index (χ1v) is 9.03. The summed E-state index contributed by atoms with van der Waals surface area (Å²) in [4.78, 5) is 12.4. The van der Waals surface area contributed by atoms with Crippen molar-refractivity contribution in [3.63, 3.8) is 0 Å². The molecule has 23 heavy (non-hydrogen) atoms. The van der Waals surface area contributed by atoms with E-state index in [9.17, 15) is 4.79 Å². The summed E-state index contributed by atoms with van der Waals surface area (Å²) in [5.41, 5.74) is 2.42. The fourth-order valence-electron chi connectivity index (χ4n) is 2.58. The fraction of sp³-hybridized carbons (Fsp3) is 0.650. The van der Waals surface area contributed by atoms with E-state index < -0.39 is 6.10 Å². The molecule has 0 fully saturated rings. The molecule has 1 rings (SSSR count). The van der Waals surface area contributed by atoms with Gasteiger partial charge in [0.15, 0.2) is 6.10 Å². The molecule has 0 bridgehead atoms. The Morgan fingerprint density at radius 1 is 1.13 bits per heavy atom. The van der Waals surface area contributed by atoms with Crippen molar-refractivity contribution in [2.45, 2.75) is 72.8 Å². The zero-order valence-electron chi connectivity index (χ0n) is 15.4. The Morgan fingerprint density at radius 2 is 1.87 bits per heavy atom. The SMILES string of the molecule is CCCC[C@@H](CC)CNC(=O)[C@@H](CC)Oc1ccc(C)c(C)c1. The molecule has 0 saturated heterocycles. The molecule has 3 heteroatoms. The minimum atomic E-state index is -0.416. The molecular weight excluding hydrogens is 286 g/mol. The van der Waals surface area contributed by atoms with Gasteiger partial charge in [-0.25, -0.2) is 0 Å². The third-order valence-corrected chi connectivity index (χ3v) is 4.53. The maximum atomic E-state index is 12.4. The average Bonchev–Trinajstić information content (AvgIpc) is 2.55. The molecule has 0 heterocycles. The van der Waals surface area contributed by atoms with Crippen LogP contribution in [0.3, 0.4) is 0 Å². The van der Waals surface area contributed by atoms with Crippen LogP contribution >= 0.6 is 0 Å². The van der Waals surface area contributed by atoms with Crippen LogP contribution in [-0.2, 0) is 4.79 Å². The molecule has 0 saturated carbocycles. The van der Waals surface area contributed by atoms with Gasteiger partial charge in [-0.05, 0) is 55.9 Å². The monoisotopic (exact) mass is 319 g/mol. The Labute approximate surface area is 141 Å². The summed E-state index contributed by atoms with van der Waals surface area (Å²) in [6, 6.07) is 5.98. The number of rotatable bonds is 10. The molecule has 0 spiro atoms. The highest BCUT2D eigenvalue weighted by Crippen LogP contribution is 2.19. The van der Waals surface area contributed by atoms with Crippen LogP contribution in [0.25, 0.3) is 0 Å². The molecular formula is C20H33NO2. The highest BCUT2D eigenvalue weighted by molar-refractivity contribution is 5.81. The number of nitrogens with one attached hydrogen (secondary N) is 1. The summed E-state index contributed by atoms with van der Waals surface area (Å²) in [5, 5.41) is 3.08. The smallest absolute Gasteiger partial charge is 0.261 e. The van der Waals surface area contributed by atoms with Gasteiger partial charge >= 0.3 is 0 Å². The van der Waals surface area contributed by atoms with Crippen LogP contribution in [0, 0.1) is 19.8 Å². The number of hydrogen-bond acceptors (Lipinski definition) is 2. The summed E-state index contributed by atoms with van der Waals surface area (Å²) < 4.78 is 5.90. The highest BCUT2D eigenvalue weighted by atomic mass is 16.5. The summed E-state index contributed by atoms with van der Waals surface area (Å²) in [6.07, 6.45) is 4.98. The van der Waals surface area contributed by atoms with Crippen LogP contribution < -0.4 is 10.1 Å². The molecule has 1 amide bonds. The minimum Gasteiger partial charge on any atom is -0.481 e. The molecule has 1 N–H and O–H groups in total. The number of hydrogen-bond donors (Lipinski definition) is 1. The summed E-state index contributed by atoms with van der Waals surface area (Å²) in [6.45, 7) is 11.3. The molecule has 1 aromatic rings. The molecule has 0 aromatic heterocycles. The third kappa shape index (κ3) is 6.64. The van der Waals surface area contributed by atoms with Crippen LogP contribution in [0.5, 0.6) is 5.75 Å². The maximum absolute atomic E-state index is 12.4. The maximum Gasteiger partial charge on any atom is 0.261 e. The van der Waals surface area contributed by atoms with Gasteiger partial charge in [0, 0.05) is 6.54 Å². The van der Waals surface area contributed by atoms with Gasteiger partial charge in [0.05, 0.1) is 0 Å². The van der Waals surface area contributed by atoms with Crippen molar-refractivity contribution in [3.8, 4) is 5.75 Å². The summed E-state index contributed by atoms with van der Waals surface area (Å²) >= 11 is 0. The predicted molar refractivity (Wildman–Crippen MR) is 96.9 cm³/mol. The van der Waals surface area contributed by atoms with Crippen molar-refractivity contribution >= 4 is 5.91 Å². The lowest BCUT2D eigenvalue weighted by Gasteiger charge is -2.20. The first kappa shape index (κ1) is 19.5. The number of benzene rings is 1. The highest BCUT2D eigenvalue weighted by Gasteiger charge is 2.19. The molecule has 0 aliphatic carbocycles. The summed E-state index contributed by atoms with van der Waals surface area (Å²) in [7, 11) is 0. The zero-order chi connectivity index (χ0) is 17.2. The molecule has 0 aliphatic rings. The van der Waals surface area contributed by atoms with E-state index in [1.54, 1.807) is 0 Å². The lowest BCUT2D eigenvalue weighted by molar-refractivity contribution is -0.128. The quantitative estimate of drug-likeness (QED) is 0.673. The molecule has 3 nitrogen and oxygen atoms in total. The van der Waals surface area contributed by atoms with E-state index in [1.165, 1.54) is 30.4 Å². The minimum absolute atomic E-state index is 0.000626. The molecule has 0 unspecified atom stereocenters. The van der Waals surface area contributed by atoms with Crippen molar-refractivity contribution in [2.75, 3.05) is 6.54 Å². The van der Waals surface area contributed by atoms with Crippen molar-refractivity contribution < 1.29 is 9.53 Å². The van der Waals surface area contributed by atoms with Gasteiger partial charge in [0.1, 0.15) is 5.75 Å². The average molecular weight is 319 g/mol. The van der Waals surface area contributed by atoms with Crippen LogP contribution in [0.4, 0.5) is 0 Å². The van der Waals surface area contributed by atoms with Gasteiger partial charge in [-0.3, -0.25) is 4.79 Å². The van der Waals surface area contributed by atoms with Crippen LogP contribution in [0.2, 0.25) is 0 Å². The molecule has 130 valence electrons. The Kier molecular flexibility index (Phi) is 8.75. The number of amides is 1. The van der Waals surface area contributed by atoms with Crippen molar-refractivity contribution in [3.05, 3.63) is 29.3 Å². The second-order valence-corrected chi connectivity index (χ2v) is 6.42. The Bertz CT molecular complexity index is 485. The van der Waals surface area contributed by atoms with Gasteiger partial charge in [-0.1, -0.05) is 46.1 Å². The van der Waals surface area contributed by atoms with Crippen molar-refractivity contribution in [1.29, 1.82) is 0 Å². The van der Waals surface area contributed by atoms with Gasteiger partial charge < -0.3 is 10.1 Å². The number of unbranched alkanes of at least 4 members (excludes halogenated alkanes) is 1. The standard InChI is InChI=1S/C20H33NO2/c1-6-9-10-17(7-2)14-21-20(22)19(8-3)23-18-12-11-15(4)16(5)13-18/h11-13,17,19H,6-10,14H2,1-5H3,(H,21,22)/t17-,19-/m1/s1. The second kappa shape index (κ2) is 10.3. The summed E-state index contributed by atoms with van der Waals surface area (Å²) in [5.74, 6) is 1.34. The van der Waals surface area contributed by atoms with Crippen LogP contribution in [-0.4, -0.2) is 18.6 Å². The predicted octanol–water partition coefficient (Wildman–Crippen LogP) is 4.79.